The lowest BCUT2D eigenvalue weighted by Gasteiger charge is -2.16. The van der Waals surface area contributed by atoms with Crippen LogP contribution in [-0.2, 0) is 9.59 Å². The van der Waals surface area contributed by atoms with Gasteiger partial charge in [-0.3, -0.25) is 9.59 Å². The molecule has 1 aromatic heterocycles. The highest BCUT2D eigenvalue weighted by atomic mass is 32.2. The average molecular weight is 454 g/mol. The molecule has 0 spiro atoms. The summed E-state index contributed by atoms with van der Waals surface area (Å²) in [5.74, 6) is -0.0321. The second kappa shape index (κ2) is 8.79. The van der Waals surface area contributed by atoms with E-state index < -0.39 is 5.25 Å². The lowest BCUT2D eigenvalue weighted by Crippen LogP contribution is -2.31. The summed E-state index contributed by atoms with van der Waals surface area (Å²) >= 11 is 1.26. The molecule has 1 aliphatic heterocycles. The van der Waals surface area contributed by atoms with Crippen molar-refractivity contribution in [2.24, 2.45) is 0 Å². The zero-order valence-electron chi connectivity index (χ0n) is 18.4. The lowest BCUT2D eigenvalue weighted by atomic mass is 10.0. The number of hydrogen-bond donors (Lipinski definition) is 0. The van der Waals surface area contributed by atoms with Crippen molar-refractivity contribution in [1.29, 1.82) is 0 Å². The maximum atomic E-state index is 13.2. The Balaban J connectivity index is 1.45. The van der Waals surface area contributed by atoms with Crippen LogP contribution in [0.1, 0.15) is 31.7 Å². The Morgan fingerprint density at radius 1 is 0.879 bits per heavy atom. The Morgan fingerprint density at radius 3 is 2.30 bits per heavy atom. The molecule has 0 radical (unpaired) electrons. The van der Waals surface area contributed by atoms with E-state index in [1.165, 1.54) is 22.2 Å². The number of benzene rings is 3. The minimum absolute atomic E-state index is 0.131. The van der Waals surface area contributed by atoms with Crippen LogP contribution in [0, 0.1) is 0 Å². The number of amides is 2. The monoisotopic (exact) mass is 453 g/mol. The molecule has 3 aromatic carbocycles. The second-order valence-electron chi connectivity index (χ2n) is 8.36. The number of para-hydroxylation sites is 1. The number of aromatic nitrogens is 2. The molecule has 164 valence electrons. The summed E-state index contributed by atoms with van der Waals surface area (Å²) in [4.78, 5) is 36.7. The molecule has 1 fully saturated rings. The largest absolute Gasteiger partial charge is 0.274 e. The van der Waals surface area contributed by atoms with Crippen molar-refractivity contribution in [1.82, 2.24) is 9.97 Å². The van der Waals surface area contributed by atoms with Crippen molar-refractivity contribution < 1.29 is 9.59 Å². The summed E-state index contributed by atoms with van der Waals surface area (Å²) in [5.41, 5.74) is 4.40. The van der Waals surface area contributed by atoms with Crippen LogP contribution in [0.15, 0.2) is 84.0 Å². The smallest absolute Gasteiger partial charge is 0.247 e. The van der Waals surface area contributed by atoms with Crippen LogP contribution in [0.25, 0.3) is 22.2 Å². The molecular formula is C27H23N3O2S. The van der Waals surface area contributed by atoms with Gasteiger partial charge < -0.3 is 0 Å². The SMILES string of the molecule is CC(C)c1ccc(N2C(=O)C[C@@H](Sc3nc(-c4ccccc4)c4ccccc4n3)C2=O)cc1. The summed E-state index contributed by atoms with van der Waals surface area (Å²) in [6.07, 6.45) is 0.131. The van der Waals surface area contributed by atoms with E-state index in [9.17, 15) is 9.59 Å². The van der Waals surface area contributed by atoms with Crippen LogP contribution >= 0.6 is 11.8 Å². The van der Waals surface area contributed by atoms with Crippen molar-refractivity contribution in [2.45, 2.75) is 36.6 Å². The number of rotatable bonds is 5. The molecule has 1 aliphatic rings. The van der Waals surface area contributed by atoms with Crippen LogP contribution < -0.4 is 4.90 Å². The molecule has 6 heteroatoms. The van der Waals surface area contributed by atoms with E-state index in [1.54, 1.807) is 0 Å². The molecule has 1 atom stereocenters. The van der Waals surface area contributed by atoms with Gasteiger partial charge in [0, 0.05) is 17.4 Å². The van der Waals surface area contributed by atoms with Gasteiger partial charge >= 0.3 is 0 Å². The van der Waals surface area contributed by atoms with Crippen LogP contribution in [0.4, 0.5) is 5.69 Å². The number of thioether (sulfide) groups is 1. The number of hydrogen-bond acceptors (Lipinski definition) is 5. The third-order valence-corrected chi connectivity index (χ3v) is 6.85. The van der Waals surface area contributed by atoms with Crippen molar-refractivity contribution in [3.63, 3.8) is 0 Å². The molecule has 0 saturated carbocycles. The molecule has 2 heterocycles. The van der Waals surface area contributed by atoms with Crippen LogP contribution in [-0.4, -0.2) is 27.0 Å². The van der Waals surface area contributed by atoms with Gasteiger partial charge in [-0.15, -0.1) is 0 Å². The fourth-order valence-electron chi connectivity index (χ4n) is 4.03. The van der Waals surface area contributed by atoms with Crippen molar-refractivity contribution in [3.8, 4) is 11.3 Å². The summed E-state index contributed by atoms with van der Waals surface area (Å²) in [5, 5.41) is 0.900. The van der Waals surface area contributed by atoms with Gasteiger partial charge in [-0.25, -0.2) is 14.9 Å². The molecule has 5 rings (SSSR count). The maximum Gasteiger partial charge on any atom is 0.247 e. The Bertz CT molecular complexity index is 1340. The number of fused-ring (bicyclic) bond motifs is 1. The number of imide groups is 1. The minimum Gasteiger partial charge on any atom is -0.274 e. The fraction of sp³-hybridized carbons (Fsp3) is 0.185. The van der Waals surface area contributed by atoms with E-state index in [0.717, 1.165) is 22.2 Å². The molecule has 2 amide bonds. The highest BCUT2D eigenvalue weighted by Crippen LogP contribution is 2.35. The third-order valence-electron chi connectivity index (χ3n) is 5.80. The first-order chi connectivity index (χ1) is 16.0. The lowest BCUT2D eigenvalue weighted by molar-refractivity contribution is -0.121. The molecular weight excluding hydrogens is 430 g/mol. The molecule has 1 saturated heterocycles. The zero-order chi connectivity index (χ0) is 22.9. The van der Waals surface area contributed by atoms with E-state index in [4.69, 9.17) is 4.98 Å². The second-order valence-corrected chi connectivity index (χ2v) is 9.53. The van der Waals surface area contributed by atoms with Crippen LogP contribution in [0.5, 0.6) is 0 Å². The summed E-state index contributed by atoms with van der Waals surface area (Å²) < 4.78 is 0. The molecule has 4 aromatic rings. The topological polar surface area (TPSA) is 63.2 Å². The van der Waals surface area contributed by atoms with E-state index >= 15 is 0 Å². The molecule has 5 nitrogen and oxygen atoms in total. The molecule has 0 N–H and O–H groups in total. The van der Waals surface area contributed by atoms with Gasteiger partial charge in [0.15, 0.2) is 5.16 Å². The Hall–Kier alpha value is -3.51. The van der Waals surface area contributed by atoms with Gasteiger partial charge in [-0.05, 0) is 29.7 Å². The Kier molecular flexibility index (Phi) is 5.68. The van der Waals surface area contributed by atoms with Gasteiger partial charge in [0.1, 0.15) is 5.25 Å². The van der Waals surface area contributed by atoms with Crippen molar-refractivity contribution in [2.75, 3.05) is 4.90 Å². The highest BCUT2D eigenvalue weighted by Gasteiger charge is 2.40. The zero-order valence-corrected chi connectivity index (χ0v) is 19.3. The number of nitrogens with zero attached hydrogens (tertiary/aromatic N) is 3. The van der Waals surface area contributed by atoms with E-state index in [-0.39, 0.29) is 18.2 Å². The first-order valence-corrected chi connectivity index (χ1v) is 11.8. The van der Waals surface area contributed by atoms with Gasteiger partial charge in [0.25, 0.3) is 0 Å². The van der Waals surface area contributed by atoms with Crippen LogP contribution in [0.2, 0.25) is 0 Å². The third kappa shape index (κ3) is 4.14. The summed E-state index contributed by atoms with van der Waals surface area (Å²) in [6.45, 7) is 4.22. The first-order valence-electron chi connectivity index (χ1n) is 11.0. The first kappa shape index (κ1) is 21.3. The van der Waals surface area contributed by atoms with E-state index in [1.807, 2.05) is 78.9 Å². The average Bonchev–Trinajstić information content (AvgIpc) is 3.11. The van der Waals surface area contributed by atoms with Gasteiger partial charge in [-0.1, -0.05) is 86.3 Å². The molecule has 33 heavy (non-hydrogen) atoms. The molecule has 0 aliphatic carbocycles. The van der Waals surface area contributed by atoms with Crippen molar-refractivity contribution >= 4 is 40.2 Å². The van der Waals surface area contributed by atoms with Gasteiger partial charge in [0.2, 0.25) is 11.8 Å². The Labute approximate surface area is 196 Å². The Morgan fingerprint density at radius 2 is 1.58 bits per heavy atom. The van der Waals surface area contributed by atoms with Crippen molar-refractivity contribution in [3.05, 3.63) is 84.4 Å². The fourth-order valence-corrected chi connectivity index (χ4v) is 5.01. The summed E-state index contributed by atoms with van der Waals surface area (Å²) in [6, 6.07) is 25.4. The predicted molar refractivity (Wildman–Crippen MR) is 132 cm³/mol. The number of carbonyl (C=O) groups excluding carboxylic acids is 2. The summed E-state index contributed by atoms with van der Waals surface area (Å²) in [7, 11) is 0. The van der Waals surface area contributed by atoms with Gasteiger partial charge in [0.05, 0.1) is 16.9 Å². The predicted octanol–water partition coefficient (Wildman–Crippen LogP) is 5.84. The van der Waals surface area contributed by atoms with Crippen LogP contribution in [0.3, 0.4) is 0 Å². The minimum atomic E-state index is -0.549. The quantitative estimate of drug-likeness (QED) is 0.280. The van der Waals surface area contributed by atoms with E-state index in [0.29, 0.717) is 16.8 Å². The van der Waals surface area contributed by atoms with E-state index in [2.05, 4.69) is 18.8 Å². The normalized spacial score (nSPS) is 16.2. The maximum absolute atomic E-state index is 13.2. The number of carbonyl (C=O) groups is 2. The number of anilines is 1. The van der Waals surface area contributed by atoms with Gasteiger partial charge in [-0.2, -0.15) is 0 Å². The highest BCUT2D eigenvalue weighted by molar-refractivity contribution is 8.00. The molecule has 0 unspecified atom stereocenters. The standard InChI is InChI=1S/C27H23N3O2S/c1-17(2)18-12-14-20(15-13-18)30-24(31)16-23(26(30)32)33-27-28-22-11-7-6-10-21(22)25(29-27)19-8-4-3-5-9-19/h3-15,17,23H,16H2,1-2H3/t23-/m1/s1. The molecule has 0 bridgehead atoms.